The predicted octanol–water partition coefficient (Wildman–Crippen LogP) is 1.92. The van der Waals surface area contributed by atoms with E-state index in [1.807, 2.05) is 0 Å². The van der Waals surface area contributed by atoms with E-state index in [1.165, 1.54) is 0 Å². The minimum Gasteiger partial charge on any atom is -0.400 e. The van der Waals surface area contributed by atoms with Crippen LogP contribution in [0.2, 0.25) is 0 Å². The monoisotopic (exact) mass is 192 g/mol. The second kappa shape index (κ2) is 2.39. The first kappa shape index (κ1) is 8.88. The van der Waals surface area contributed by atoms with Crippen molar-refractivity contribution in [3.63, 3.8) is 0 Å². The summed E-state index contributed by atoms with van der Waals surface area (Å²) < 4.78 is 67.2. The molecule has 12 heavy (non-hydrogen) atoms. The molecule has 0 aromatic heterocycles. The van der Waals surface area contributed by atoms with Crippen molar-refractivity contribution < 1.29 is 36.2 Å². The van der Waals surface area contributed by atoms with Crippen LogP contribution in [-0.4, -0.2) is 12.7 Å². The number of alkyl halides is 5. The molecule has 0 spiro atoms. The van der Waals surface area contributed by atoms with Gasteiger partial charge in [0.2, 0.25) is 0 Å². The summed E-state index contributed by atoms with van der Waals surface area (Å²) in [6.45, 7) is 0. The van der Waals surface area contributed by atoms with Gasteiger partial charge in [0.25, 0.3) is 0 Å². The van der Waals surface area contributed by atoms with E-state index >= 15 is 0 Å². The molecule has 0 aromatic carbocycles. The summed E-state index contributed by atoms with van der Waals surface area (Å²) in [6.07, 6.45) is -9.12. The van der Waals surface area contributed by atoms with E-state index in [1.54, 1.807) is 0 Å². The summed E-state index contributed by atoms with van der Waals surface area (Å²) >= 11 is 0. The van der Waals surface area contributed by atoms with Crippen molar-refractivity contribution in [3.8, 4) is 0 Å². The van der Waals surface area contributed by atoms with Gasteiger partial charge in [-0.3, -0.25) is 0 Å². The van der Waals surface area contributed by atoms with Gasteiger partial charge in [-0.05, 0) is 0 Å². The van der Waals surface area contributed by atoms with Gasteiger partial charge in [-0.2, -0.15) is 0 Å². The van der Waals surface area contributed by atoms with Crippen molar-refractivity contribution >= 4 is 0 Å². The van der Waals surface area contributed by atoms with Crippen molar-refractivity contribution in [3.05, 3.63) is 12.2 Å². The number of halogens is 5. The summed E-state index contributed by atoms with van der Waals surface area (Å²) in [5, 5.41) is 0. The van der Waals surface area contributed by atoms with Crippen LogP contribution in [0.1, 0.15) is 0 Å². The Morgan fingerprint density at radius 3 is 2.25 bits per heavy atom. The number of hydrogen-bond donors (Lipinski definition) is 0. The minimum absolute atomic E-state index is 0.0352. The van der Waals surface area contributed by atoms with Crippen molar-refractivity contribution in [2.24, 2.45) is 0 Å². The second-order valence-corrected chi connectivity index (χ2v) is 1.67. The van der Waals surface area contributed by atoms with Gasteiger partial charge in [-0.25, -0.2) is 0 Å². The largest absolute Gasteiger partial charge is 0.588 e. The molecule has 8 heteroatoms. The topological polar surface area (TPSA) is 27.7 Å². The SMILES string of the molecule is FC(F)(F)OC1=COC(F)(F)O1. The summed E-state index contributed by atoms with van der Waals surface area (Å²) in [5.74, 6) is -1.42. The molecule has 0 fully saturated rings. The molecule has 0 atom stereocenters. The fourth-order valence-corrected chi connectivity index (χ4v) is 0.441. The molecule has 1 heterocycles. The summed E-state index contributed by atoms with van der Waals surface area (Å²) in [5.41, 5.74) is 0. The zero-order chi connectivity index (χ0) is 9.41. The Morgan fingerprint density at radius 1 is 1.33 bits per heavy atom. The molecule has 0 radical (unpaired) electrons. The lowest BCUT2D eigenvalue weighted by Crippen LogP contribution is -2.19. The third-order valence-electron chi connectivity index (χ3n) is 0.728. The van der Waals surface area contributed by atoms with Crippen LogP contribution in [0.25, 0.3) is 0 Å². The average molecular weight is 192 g/mol. The normalized spacial score (nSPS) is 20.9. The third kappa shape index (κ3) is 2.44. The molecular formula is C4HF5O3. The summed E-state index contributed by atoms with van der Waals surface area (Å²) in [7, 11) is 0. The minimum atomic E-state index is -5.07. The third-order valence-corrected chi connectivity index (χ3v) is 0.728. The van der Waals surface area contributed by atoms with E-state index in [4.69, 9.17) is 0 Å². The van der Waals surface area contributed by atoms with Crippen molar-refractivity contribution in [1.29, 1.82) is 0 Å². The Balaban J connectivity index is 2.48. The first-order valence-corrected chi connectivity index (χ1v) is 2.49. The Kier molecular flexibility index (Phi) is 1.77. The molecule has 0 saturated heterocycles. The average Bonchev–Trinajstić information content (AvgIpc) is 2.05. The van der Waals surface area contributed by atoms with E-state index in [2.05, 4.69) is 14.2 Å². The van der Waals surface area contributed by atoms with Gasteiger partial charge >= 0.3 is 18.6 Å². The van der Waals surface area contributed by atoms with Gasteiger partial charge in [0.05, 0.1) is 0 Å². The molecule has 70 valence electrons. The highest BCUT2D eigenvalue weighted by molar-refractivity contribution is 4.82. The number of rotatable bonds is 1. The van der Waals surface area contributed by atoms with Crippen molar-refractivity contribution in [1.82, 2.24) is 0 Å². The quantitative estimate of drug-likeness (QED) is 0.594. The van der Waals surface area contributed by atoms with Crippen molar-refractivity contribution in [2.45, 2.75) is 12.7 Å². The van der Waals surface area contributed by atoms with Crippen LogP contribution in [0.15, 0.2) is 12.2 Å². The molecule has 1 aliphatic heterocycles. The summed E-state index contributed by atoms with van der Waals surface area (Å²) in [4.78, 5) is 0. The van der Waals surface area contributed by atoms with Gasteiger partial charge in [0.1, 0.15) is 0 Å². The van der Waals surface area contributed by atoms with E-state index in [0.717, 1.165) is 0 Å². The molecule has 0 unspecified atom stereocenters. The zero-order valence-electron chi connectivity index (χ0n) is 5.19. The van der Waals surface area contributed by atoms with Crippen LogP contribution >= 0.6 is 0 Å². The molecule has 1 rings (SSSR count). The maximum atomic E-state index is 11.8. The number of hydrogen-bond acceptors (Lipinski definition) is 3. The Labute approximate surface area is 62.3 Å². The molecule has 0 aromatic rings. The fraction of sp³-hybridized carbons (Fsp3) is 0.500. The molecule has 0 aliphatic carbocycles. The van der Waals surface area contributed by atoms with E-state index < -0.39 is 18.6 Å². The van der Waals surface area contributed by atoms with Crippen LogP contribution in [-0.2, 0) is 14.2 Å². The Morgan fingerprint density at radius 2 is 1.92 bits per heavy atom. The Hall–Kier alpha value is -1.21. The standard InChI is InChI=1S/C4HF5O3/c5-3(6,7)11-2-1-10-4(8,9)12-2/h1H. The van der Waals surface area contributed by atoms with Gasteiger partial charge in [-0.15, -0.1) is 22.0 Å². The smallest absolute Gasteiger partial charge is 0.400 e. The van der Waals surface area contributed by atoms with Gasteiger partial charge in [-0.1, -0.05) is 0 Å². The lowest BCUT2D eigenvalue weighted by atomic mass is 11.0. The predicted molar refractivity (Wildman–Crippen MR) is 22.3 cm³/mol. The lowest BCUT2D eigenvalue weighted by Gasteiger charge is -2.09. The second-order valence-electron chi connectivity index (χ2n) is 1.67. The maximum absolute atomic E-state index is 11.8. The molecule has 0 saturated carbocycles. The van der Waals surface area contributed by atoms with Crippen LogP contribution in [0.3, 0.4) is 0 Å². The van der Waals surface area contributed by atoms with E-state index in [9.17, 15) is 22.0 Å². The molecule has 0 bridgehead atoms. The molecule has 1 aliphatic rings. The highest BCUT2D eigenvalue weighted by Gasteiger charge is 2.45. The first-order valence-electron chi connectivity index (χ1n) is 2.49. The highest BCUT2D eigenvalue weighted by atomic mass is 19.4. The number of ether oxygens (including phenoxy) is 3. The van der Waals surface area contributed by atoms with Crippen LogP contribution in [0, 0.1) is 0 Å². The fourth-order valence-electron chi connectivity index (χ4n) is 0.441. The molecule has 0 amide bonds. The van der Waals surface area contributed by atoms with E-state index in [-0.39, 0.29) is 6.26 Å². The first-order chi connectivity index (χ1) is 5.29. The van der Waals surface area contributed by atoms with E-state index in [0.29, 0.717) is 0 Å². The lowest BCUT2D eigenvalue weighted by molar-refractivity contribution is -0.372. The molecular weight excluding hydrogens is 191 g/mol. The Bertz CT molecular complexity index is 207. The van der Waals surface area contributed by atoms with Crippen LogP contribution in [0.4, 0.5) is 22.0 Å². The maximum Gasteiger partial charge on any atom is 0.588 e. The zero-order valence-corrected chi connectivity index (χ0v) is 5.19. The van der Waals surface area contributed by atoms with Gasteiger partial charge in [0.15, 0.2) is 6.26 Å². The highest BCUT2D eigenvalue weighted by Crippen LogP contribution is 2.32. The van der Waals surface area contributed by atoms with Crippen LogP contribution < -0.4 is 0 Å². The van der Waals surface area contributed by atoms with Crippen LogP contribution in [0.5, 0.6) is 0 Å². The van der Waals surface area contributed by atoms with Gasteiger partial charge < -0.3 is 14.2 Å². The molecule has 0 N–H and O–H groups in total. The molecule has 3 nitrogen and oxygen atoms in total. The summed E-state index contributed by atoms with van der Waals surface area (Å²) in [6, 6.07) is 0. The van der Waals surface area contributed by atoms with Crippen molar-refractivity contribution in [2.75, 3.05) is 0 Å². The van der Waals surface area contributed by atoms with Gasteiger partial charge in [0, 0.05) is 0 Å².